The zero-order valence-electron chi connectivity index (χ0n) is 28.4. The molecular weight excluding hydrogens is 619 g/mol. The predicted octanol–water partition coefficient (Wildman–Crippen LogP) is 12.3. The van der Waals surface area contributed by atoms with Crippen LogP contribution >= 0.6 is 0 Å². The molecule has 1 aliphatic carbocycles. The van der Waals surface area contributed by atoms with Crippen LogP contribution in [0.3, 0.4) is 0 Å². The molecule has 0 radical (unpaired) electrons. The van der Waals surface area contributed by atoms with Gasteiger partial charge in [0.1, 0.15) is 0 Å². The molecule has 0 spiro atoms. The molecule has 7 aromatic carbocycles. The molecule has 240 valence electrons. The molecule has 0 saturated heterocycles. The van der Waals surface area contributed by atoms with E-state index in [0.29, 0.717) is 5.82 Å². The Labute approximate surface area is 297 Å². The Hall–Kier alpha value is -6.45. The molecule has 0 aliphatic heterocycles. The average Bonchev–Trinajstić information content (AvgIpc) is 3.40. The van der Waals surface area contributed by atoms with Crippen molar-refractivity contribution in [3.63, 3.8) is 0 Å². The quantitative estimate of drug-likeness (QED) is 0.190. The number of nitrogens with zero attached hydrogens (tertiary/aromatic N) is 3. The lowest BCUT2D eigenvalue weighted by atomic mass is 9.81. The maximum atomic E-state index is 5.28. The first-order valence-corrected chi connectivity index (χ1v) is 17.5. The van der Waals surface area contributed by atoms with Crippen LogP contribution in [0, 0.1) is 0 Å². The normalized spacial score (nSPS) is 13.1. The van der Waals surface area contributed by atoms with Crippen molar-refractivity contribution in [1.82, 2.24) is 15.0 Å². The van der Waals surface area contributed by atoms with Gasteiger partial charge in [-0.05, 0) is 97.4 Å². The van der Waals surface area contributed by atoms with Crippen LogP contribution in [-0.4, -0.2) is 15.0 Å². The van der Waals surface area contributed by atoms with Crippen molar-refractivity contribution in [1.29, 1.82) is 0 Å². The second-order valence-electron chi connectivity index (χ2n) is 14.0. The predicted molar refractivity (Wildman–Crippen MR) is 212 cm³/mol. The fourth-order valence-electron chi connectivity index (χ4n) is 8.14. The standard InChI is InChI=1S/C48H33N3/c1-48(2)42-24-21-33(27-40(42)41-26-31-14-6-7-15-32(31)28-43(41)48)34-22-23-39(36-17-9-8-16-35(34)36)47-50-45(30-12-4-3-5-13-30)29-46(51-47)38-18-10-20-44-37(38)19-11-25-49-44/h3-29H,1-2H3. The summed E-state index contributed by atoms with van der Waals surface area (Å²) in [5.41, 5.74) is 13.5. The highest BCUT2D eigenvalue weighted by molar-refractivity contribution is 6.05. The highest BCUT2D eigenvalue weighted by atomic mass is 14.9. The summed E-state index contributed by atoms with van der Waals surface area (Å²) in [5, 5.41) is 5.93. The second kappa shape index (κ2) is 11.3. The summed E-state index contributed by atoms with van der Waals surface area (Å²) >= 11 is 0. The molecule has 0 saturated carbocycles. The lowest BCUT2D eigenvalue weighted by Gasteiger charge is -2.22. The fourth-order valence-corrected chi connectivity index (χ4v) is 8.14. The number of pyridine rings is 1. The maximum Gasteiger partial charge on any atom is 0.161 e. The zero-order chi connectivity index (χ0) is 34.1. The first-order valence-electron chi connectivity index (χ1n) is 17.5. The Morgan fingerprint density at radius 3 is 1.94 bits per heavy atom. The Morgan fingerprint density at radius 2 is 1.10 bits per heavy atom. The van der Waals surface area contributed by atoms with Gasteiger partial charge in [-0.3, -0.25) is 4.98 Å². The van der Waals surface area contributed by atoms with Crippen molar-refractivity contribution in [3.8, 4) is 56.2 Å². The largest absolute Gasteiger partial charge is 0.256 e. The number of rotatable bonds is 4. The van der Waals surface area contributed by atoms with Crippen LogP contribution in [0.4, 0.5) is 0 Å². The van der Waals surface area contributed by atoms with Crippen molar-refractivity contribution in [2.75, 3.05) is 0 Å². The molecule has 0 N–H and O–H groups in total. The summed E-state index contributed by atoms with van der Waals surface area (Å²) in [4.78, 5) is 15.1. The van der Waals surface area contributed by atoms with E-state index in [9.17, 15) is 0 Å². The van der Waals surface area contributed by atoms with Gasteiger partial charge in [-0.25, -0.2) is 9.97 Å². The van der Waals surface area contributed by atoms with Crippen LogP contribution in [-0.2, 0) is 5.41 Å². The lowest BCUT2D eigenvalue weighted by molar-refractivity contribution is 0.661. The van der Waals surface area contributed by atoms with Crippen molar-refractivity contribution in [3.05, 3.63) is 175 Å². The van der Waals surface area contributed by atoms with E-state index in [1.165, 1.54) is 49.5 Å². The maximum absolute atomic E-state index is 5.28. The summed E-state index contributed by atoms with van der Waals surface area (Å²) in [7, 11) is 0. The summed E-state index contributed by atoms with van der Waals surface area (Å²) in [6.07, 6.45) is 1.84. The van der Waals surface area contributed by atoms with Gasteiger partial charge in [-0.15, -0.1) is 0 Å². The van der Waals surface area contributed by atoms with E-state index >= 15 is 0 Å². The molecule has 0 fully saturated rings. The number of hydrogen-bond donors (Lipinski definition) is 0. The third-order valence-corrected chi connectivity index (χ3v) is 10.7. The molecular formula is C48H33N3. The van der Waals surface area contributed by atoms with E-state index in [1.54, 1.807) is 0 Å². The second-order valence-corrected chi connectivity index (χ2v) is 14.0. The summed E-state index contributed by atoms with van der Waals surface area (Å²) in [6.45, 7) is 4.70. The highest BCUT2D eigenvalue weighted by Crippen LogP contribution is 2.51. The summed E-state index contributed by atoms with van der Waals surface area (Å²) < 4.78 is 0. The van der Waals surface area contributed by atoms with Gasteiger partial charge in [0.15, 0.2) is 5.82 Å². The van der Waals surface area contributed by atoms with Gasteiger partial charge in [0.05, 0.1) is 16.9 Å². The third kappa shape index (κ3) is 4.69. The zero-order valence-corrected chi connectivity index (χ0v) is 28.4. The Morgan fingerprint density at radius 1 is 0.412 bits per heavy atom. The molecule has 2 heterocycles. The molecule has 9 aromatic rings. The Balaban J connectivity index is 1.16. The number of aromatic nitrogens is 3. The highest BCUT2D eigenvalue weighted by Gasteiger charge is 2.36. The lowest BCUT2D eigenvalue weighted by Crippen LogP contribution is -2.14. The van der Waals surface area contributed by atoms with Gasteiger partial charge in [-0.1, -0.05) is 129 Å². The molecule has 10 rings (SSSR count). The van der Waals surface area contributed by atoms with Crippen LogP contribution in [0.15, 0.2) is 164 Å². The first-order chi connectivity index (χ1) is 25.0. The third-order valence-electron chi connectivity index (χ3n) is 10.7. The molecule has 1 aliphatic rings. The van der Waals surface area contributed by atoms with Gasteiger partial charge >= 0.3 is 0 Å². The van der Waals surface area contributed by atoms with Crippen molar-refractivity contribution < 1.29 is 0 Å². The number of hydrogen-bond acceptors (Lipinski definition) is 3. The summed E-state index contributed by atoms with van der Waals surface area (Å²) in [5.74, 6) is 0.700. The minimum atomic E-state index is -0.0713. The number of fused-ring (bicyclic) bond motifs is 6. The van der Waals surface area contributed by atoms with Gasteiger partial charge < -0.3 is 0 Å². The summed E-state index contributed by atoms with van der Waals surface area (Å²) in [6, 6.07) is 56.4. The van der Waals surface area contributed by atoms with Crippen LogP contribution in [0.25, 0.3) is 88.6 Å². The molecule has 3 heteroatoms. The topological polar surface area (TPSA) is 38.7 Å². The van der Waals surface area contributed by atoms with Crippen LogP contribution in [0.5, 0.6) is 0 Å². The smallest absolute Gasteiger partial charge is 0.161 e. The van der Waals surface area contributed by atoms with Crippen molar-refractivity contribution in [2.24, 2.45) is 0 Å². The van der Waals surface area contributed by atoms with Crippen LogP contribution < -0.4 is 0 Å². The number of benzene rings is 7. The van der Waals surface area contributed by atoms with Crippen molar-refractivity contribution >= 4 is 32.4 Å². The van der Waals surface area contributed by atoms with Gasteiger partial charge in [0.2, 0.25) is 0 Å². The molecule has 0 amide bonds. The van der Waals surface area contributed by atoms with Crippen LogP contribution in [0.2, 0.25) is 0 Å². The van der Waals surface area contributed by atoms with Crippen molar-refractivity contribution in [2.45, 2.75) is 19.3 Å². The van der Waals surface area contributed by atoms with E-state index in [1.807, 2.05) is 24.4 Å². The van der Waals surface area contributed by atoms with E-state index in [2.05, 4.69) is 158 Å². The van der Waals surface area contributed by atoms with E-state index in [-0.39, 0.29) is 5.41 Å². The molecule has 0 unspecified atom stereocenters. The van der Waals surface area contributed by atoms with Gasteiger partial charge in [0, 0.05) is 33.7 Å². The SMILES string of the molecule is CC1(C)c2ccc(-c3ccc(-c4nc(-c5ccccc5)cc(-c5cccc6ncccc56)n4)c4ccccc34)cc2-c2cc3ccccc3cc21. The molecule has 0 atom stereocenters. The first kappa shape index (κ1) is 29.5. The Kier molecular flexibility index (Phi) is 6.53. The van der Waals surface area contributed by atoms with Gasteiger partial charge in [0.25, 0.3) is 0 Å². The van der Waals surface area contributed by atoms with Gasteiger partial charge in [-0.2, -0.15) is 0 Å². The van der Waals surface area contributed by atoms with E-state index in [4.69, 9.17) is 9.97 Å². The fraction of sp³-hybridized carbons (Fsp3) is 0.0625. The van der Waals surface area contributed by atoms with E-state index < -0.39 is 0 Å². The average molecular weight is 652 g/mol. The minimum Gasteiger partial charge on any atom is -0.256 e. The molecule has 51 heavy (non-hydrogen) atoms. The molecule has 2 aromatic heterocycles. The Bertz CT molecular complexity index is 2830. The van der Waals surface area contributed by atoms with Crippen LogP contribution in [0.1, 0.15) is 25.0 Å². The minimum absolute atomic E-state index is 0.0713. The molecule has 3 nitrogen and oxygen atoms in total. The van der Waals surface area contributed by atoms with E-state index in [0.717, 1.165) is 44.4 Å². The molecule has 0 bridgehead atoms. The monoisotopic (exact) mass is 651 g/mol.